The number of fused-ring (bicyclic) bond motifs is 1. The minimum atomic E-state index is -0.133. The van der Waals surface area contributed by atoms with Crippen molar-refractivity contribution in [3.8, 4) is 0 Å². The largest absolute Gasteiger partial charge is 0.459 e. The van der Waals surface area contributed by atoms with E-state index >= 15 is 0 Å². The average Bonchev–Trinajstić information content (AvgIpc) is 3.12. The van der Waals surface area contributed by atoms with Gasteiger partial charge in [-0.3, -0.25) is 9.69 Å². The van der Waals surface area contributed by atoms with Crippen molar-refractivity contribution in [3.05, 3.63) is 59.5 Å². The molecule has 0 bridgehead atoms. The van der Waals surface area contributed by atoms with Gasteiger partial charge in [-0.2, -0.15) is 0 Å². The SMILES string of the molecule is CC(C)CC(CNC(=O)c1ccco1)N1CCc2ccccc2C1. The van der Waals surface area contributed by atoms with E-state index in [0.717, 1.165) is 25.9 Å². The van der Waals surface area contributed by atoms with Crippen LogP contribution in [0.5, 0.6) is 0 Å². The second-order valence-electron chi connectivity index (χ2n) is 6.96. The number of furan rings is 1. The number of amides is 1. The molecular formula is C20H26N2O2. The molecule has 2 aromatic rings. The molecule has 0 saturated carbocycles. The van der Waals surface area contributed by atoms with Crippen LogP contribution in [-0.4, -0.2) is 29.9 Å². The van der Waals surface area contributed by atoms with Crippen molar-refractivity contribution >= 4 is 5.91 Å². The summed E-state index contributed by atoms with van der Waals surface area (Å²) in [4.78, 5) is 14.7. The van der Waals surface area contributed by atoms with Crippen molar-refractivity contribution in [2.24, 2.45) is 5.92 Å². The first kappa shape index (κ1) is 16.8. The molecule has 0 radical (unpaired) electrons. The number of carbonyl (C=O) groups excluding carboxylic acids is 1. The van der Waals surface area contributed by atoms with E-state index in [1.165, 1.54) is 17.4 Å². The van der Waals surface area contributed by atoms with Gasteiger partial charge in [0.2, 0.25) is 0 Å². The second kappa shape index (κ2) is 7.67. The lowest BCUT2D eigenvalue weighted by Gasteiger charge is -2.36. The Hall–Kier alpha value is -2.07. The highest BCUT2D eigenvalue weighted by molar-refractivity contribution is 5.91. The molecule has 1 atom stereocenters. The summed E-state index contributed by atoms with van der Waals surface area (Å²) in [5.74, 6) is 0.834. The van der Waals surface area contributed by atoms with Gasteiger partial charge in [-0.25, -0.2) is 0 Å². The monoisotopic (exact) mass is 326 g/mol. The summed E-state index contributed by atoms with van der Waals surface area (Å²) in [5.41, 5.74) is 2.87. The molecule has 1 aromatic carbocycles. The minimum absolute atomic E-state index is 0.133. The maximum absolute atomic E-state index is 12.2. The van der Waals surface area contributed by atoms with Crippen LogP contribution in [0, 0.1) is 5.92 Å². The fraction of sp³-hybridized carbons (Fsp3) is 0.450. The number of nitrogens with zero attached hydrogens (tertiary/aromatic N) is 1. The normalized spacial score (nSPS) is 16.0. The van der Waals surface area contributed by atoms with Crippen LogP contribution in [0.2, 0.25) is 0 Å². The van der Waals surface area contributed by atoms with Crippen molar-refractivity contribution in [1.82, 2.24) is 10.2 Å². The molecule has 0 spiro atoms. The third-order valence-electron chi connectivity index (χ3n) is 4.66. The maximum Gasteiger partial charge on any atom is 0.287 e. The van der Waals surface area contributed by atoms with Crippen LogP contribution in [0.1, 0.15) is 41.9 Å². The number of rotatable bonds is 6. The molecule has 3 rings (SSSR count). The van der Waals surface area contributed by atoms with Gasteiger partial charge in [0.05, 0.1) is 6.26 Å². The topological polar surface area (TPSA) is 45.5 Å². The molecule has 0 fully saturated rings. The molecule has 4 nitrogen and oxygen atoms in total. The Morgan fingerprint density at radius 2 is 2.00 bits per heavy atom. The Labute approximate surface area is 143 Å². The van der Waals surface area contributed by atoms with Gasteiger partial charge in [0.15, 0.2) is 5.76 Å². The average molecular weight is 326 g/mol. The van der Waals surface area contributed by atoms with Gasteiger partial charge < -0.3 is 9.73 Å². The van der Waals surface area contributed by atoms with Crippen LogP contribution in [0.15, 0.2) is 47.1 Å². The molecular weight excluding hydrogens is 300 g/mol. The van der Waals surface area contributed by atoms with Crippen molar-refractivity contribution in [1.29, 1.82) is 0 Å². The molecule has 24 heavy (non-hydrogen) atoms. The lowest BCUT2D eigenvalue weighted by Crippen LogP contribution is -2.46. The summed E-state index contributed by atoms with van der Waals surface area (Å²) >= 11 is 0. The maximum atomic E-state index is 12.2. The van der Waals surface area contributed by atoms with E-state index in [-0.39, 0.29) is 5.91 Å². The molecule has 128 valence electrons. The summed E-state index contributed by atoms with van der Waals surface area (Å²) in [6, 6.07) is 12.4. The first-order chi connectivity index (χ1) is 11.6. The van der Waals surface area contributed by atoms with Gasteiger partial charge in [-0.15, -0.1) is 0 Å². The zero-order chi connectivity index (χ0) is 16.9. The Morgan fingerprint density at radius 3 is 2.71 bits per heavy atom. The van der Waals surface area contributed by atoms with Gasteiger partial charge in [-0.1, -0.05) is 38.1 Å². The highest BCUT2D eigenvalue weighted by Gasteiger charge is 2.24. The fourth-order valence-electron chi connectivity index (χ4n) is 3.44. The smallest absolute Gasteiger partial charge is 0.287 e. The number of carbonyl (C=O) groups is 1. The van der Waals surface area contributed by atoms with Crippen LogP contribution in [0.25, 0.3) is 0 Å². The first-order valence-corrected chi connectivity index (χ1v) is 8.76. The zero-order valence-electron chi connectivity index (χ0n) is 14.5. The zero-order valence-corrected chi connectivity index (χ0v) is 14.5. The predicted octanol–water partition coefficient (Wildman–Crippen LogP) is 3.48. The Bertz CT molecular complexity index is 664. The molecule has 2 heterocycles. The number of hydrogen-bond acceptors (Lipinski definition) is 3. The molecule has 1 amide bonds. The van der Waals surface area contributed by atoms with Crippen molar-refractivity contribution in [3.63, 3.8) is 0 Å². The molecule has 1 aromatic heterocycles. The predicted molar refractivity (Wildman–Crippen MR) is 94.8 cm³/mol. The standard InChI is InChI=1S/C20H26N2O2/c1-15(2)12-18(13-21-20(23)19-8-5-11-24-19)22-10-9-16-6-3-4-7-17(16)14-22/h3-8,11,15,18H,9-10,12-14H2,1-2H3,(H,21,23). The van der Waals surface area contributed by atoms with Crippen molar-refractivity contribution < 1.29 is 9.21 Å². The molecule has 0 aliphatic carbocycles. The van der Waals surface area contributed by atoms with Crippen LogP contribution in [0.4, 0.5) is 0 Å². The van der Waals surface area contributed by atoms with E-state index in [1.54, 1.807) is 12.1 Å². The number of nitrogens with one attached hydrogen (secondary N) is 1. The van der Waals surface area contributed by atoms with E-state index in [4.69, 9.17) is 4.42 Å². The van der Waals surface area contributed by atoms with E-state index < -0.39 is 0 Å². The van der Waals surface area contributed by atoms with Gasteiger partial charge in [-0.05, 0) is 42.0 Å². The van der Waals surface area contributed by atoms with Crippen LogP contribution in [-0.2, 0) is 13.0 Å². The van der Waals surface area contributed by atoms with Gasteiger partial charge in [0, 0.05) is 25.7 Å². The number of hydrogen-bond donors (Lipinski definition) is 1. The fourth-order valence-corrected chi connectivity index (χ4v) is 3.44. The Balaban J connectivity index is 1.65. The molecule has 1 unspecified atom stereocenters. The van der Waals surface area contributed by atoms with Crippen LogP contribution >= 0.6 is 0 Å². The van der Waals surface area contributed by atoms with Gasteiger partial charge in [0.1, 0.15) is 0 Å². The third-order valence-corrected chi connectivity index (χ3v) is 4.66. The summed E-state index contributed by atoms with van der Waals surface area (Å²) < 4.78 is 5.17. The van der Waals surface area contributed by atoms with E-state index in [0.29, 0.717) is 24.3 Å². The molecule has 0 saturated heterocycles. The first-order valence-electron chi connectivity index (χ1n) is 8.76. The van der Waals surface area contributed by atoms with E-state index in [9.17, 15) is 4.79 Å². The van der Waals surface area contributed by atoms with Crippen LogP contribution in [0.3, 0.4) is 0 Å². The summed E-state index contributed by atoms with van der Waals surface area (Å²) in [6.45, 7) is 7.13. The Kier molecular flexibility index (Phi) is 5.36. The quantitative estimate of drug-likeness (QED) is 0.884. The van der Waals surface area contributed by atoms with Crippen molar-refractivity contribution in [2.45, 2.75) is 39.3 Å². The Morgan fingerprint density at radius 1 is 1.21 bits per heavy atom. The molecule has 1 aliphatic rings. The van der Waals surface area contributed by atoms with Crippen LogP contribution < -0.4 is 5.32 Å². The lowest BCUT2D eigenvalue weighted by atomic mass is 9.95. The molecule has 1 aliphatic heterocycles. The summed E-state index contributed by atoms with van der Waals surface area (Å²) in [5, 5.41) is 3.04. The summed E-state index contributed by atoms with van der Waals surface area (Å²) in [7, 11) is 0. The minimum Gasteiger partial charge on any atom is -0.459 e. The van der Waals surface area contributed by atoms with Crippen molar-refractivity contribution in [2.75, 3.05) is 13.1 Å². The van der Waals surface area contributed by atoms with E-state index in [1.807, 2.05) is 0 Å². The van der Waals surface area contributed by atoms with Gasteiger partial charge in [0.25, 0.3) is 5.91 Å². The van der Waals surface area contributed by atoms with Gasteiger partial charge >= 0.3 is 0 Å². The highest BCUT2D eigenvalue weighted by Crippen LogP contribution is 2.22. The highest BCUT2D eigenvalue weighted by atomic mass is 16.3. The second-order valence-corrected chi connectivity index (χ2v) is 6.96. The lowest BCUT2D eigenvalue weighted by molar-refractivity contribution is 0.0891. The van der Waals surface area contributed by atoms with E-state index in [2.05, 4.69) is 48.3 Å². The molecule has 4 heteroatoms. The summed E-state index contributed by atoms with van der Waals surface area (Å²) in [6.07, 6.45) is 3.68. The third kappa shape index (κ3) is 4.06. The molecule has 1 N–H and O–H groups in total. The number of benzene rings is 1.